The van der Waals surface area contributed by atoms with Crippen LogP contribution in [0.1, 0.15) is 59.3 Å². The molecule has 92 valence electrons. The minimum atomic E-state index is 0.982. The lowest BCUT2D eigenvalue weighted by molar-refractivity contribution is 0.0688. The highest BCUT2D eigenvalue weighted by atomic mass is 14.5. The zero-order chi connectivity index (χ0) is 11.3. The molecular formula is C16H28. The second kappa shape index (κ2) is 4.03. The van der Waals surface area contributed by atoms with Crippen LogP contribution in [0.2, 0.25) is 0 Å². The van der Waals surface area contributed by atoms with Crippen LogP contribution >= 0.6 is 0 Å². The second-order valence-electron chi connectivity index (χ2n) is 7.18. The van der Waals surface area contributed by atoms with Crippen molar-refractivity contribution in [1.82, 2.24) is 0 Å². The van der Waals surface area contributed by atoms with E-state index in [1.807, 2.05) is 0 Å². The smallest absolute Gasteiger partial charge is 0.0352 e. The maximum Gasteiger partial charge on any atom is -0.0352 e. The number of hydrogen-bond acceptors (Lipinski definition) is 0. The summed E-state index contributed by atoms with van der Waals surface area (Å²) in [5.41, 5.74) is 0. The Labute approximate surface area is 101 Å². The van der Waals surface area contributed by atoms with Crippen LogP contribution in [0.3, 0.4) is 0 Å². The molecule has 0 nitrogen and oxygen atoms in total. The lowest BCUT2D eigenvalue weighted by Crippen LogP contribution is -2.34. The highest BCUT2D eigenvalue weighted by Crippen LogP contribution is 2.57. The van der Waals surface area contributed by atoms with Crippen molar-refractivity contribution in [3.63, 3.8) is 0 Å². The van der Waals surface area contributed by atoms with E-state index in [1.54, 1.807) is 25.7 Å². The first kappa shape index (κ1) is 11.1. The van der Waals surface area contributed by atoms with E-state index in [1.165, 1.54) is 12.8 Å². The van der Waals surface area contributed by atoms with Gasteiger partial charge in [-0.25, -0.2) is 0 Å². The molecule has 7 atom stereocenters. The number of hydrogen-bond donors (Lipinski definition) is 0. The lowest BCUT2D eigenvalue weighted by Gasteiger charge is -2.43. The van der Waals surface area contributed by atoms with E-state index in [0.717, 1.165) is 41.4 Å². The lowest BCUT2D eigenvalue weighted by atomic mass is 9.62. The van der Waals surface area contributed by atoms with Crippen molar-refractivity contribution >= 4 is 0 Å². The van der Waals surface area contributed by atoms with Gasteiger partial charge in [-0.3, -0.25) is 0 Å². The average molecular weight is 220 g/mol. The van der Waals surface area contributed by atoms with Crippen LogP contribution in [0.4, 0.5) is 0 Å². The Hall–Kier alpha value is 0. The summed E-state index contributed by atoms with van der Waals surface area (Å²) >= 11 is 0. The van der Waals surface area contributed by atoms with Gasteiger partial charge in [0.05, 0.1) is 0 Å². The average Bonchev–Trinajstić information content (AvgIpc) is 2.52. The Morgan fingerprint density at radius 2 is 1.06 bits per heavy atom. The Morgan fingerprint density at radius 1 is 0.625 bits per heavy atom. The standard InChI is InChI=1S/C16H28/c1-10-11(2)15-8-13-6-4-5-7-14(13)9-16(15)12(10)3/h10-16H,4-9H2,1-3H3/t10?,11?,12?,13-,14+,15?,16?. The molecule has 0 bridgehead atoms. The van der Waals surface area contributed by atoms with Gasteiger partial charge in [0.15, 0.2) is 0 Å². The highest BCUT2D eigenvalue weighted by molar-refractivity contribution is 4.98. The first-order chi connectivity index (χ1) is 7.68. The molecule has 0 aromatic rings. The van der Waals surface area contributed by atoms with Gasteiger partial charge in [-0.2, -0.15) is 0 Å². The van der Waals surface area contributed by atoms with E-state index in [9.17, 15) is 0 Å². The quantitative estimate of drug-likeness (QED) is 0.553. The molecule has 0 saturated heterocycles. The third-order valence-electron chi connectivity index (χ3n) is 6.78. The summed E-state index contributed by atoms with van der Waals surface area (Å²) in [5.74, 6) is 7.40. The maximum absolute atomic E-state index is 2.54. The summed E-state index contributed by atoms with van der Waals surface area (Å²) < 4.78 is 0. The normalized spacial score (nSPS) is 56.8. The van der Waals surface area contributed by atoms with Crippen molar-refractivity contribution < 1.29 is 0 Å². The predicted molar refractivity (Wildman–Crippen MR) is 69.2 cm³/mol. The molecule has 3 saturated carbocycles. The van der Waals surface area contributed by atoms with Crippen LogP contribution in [0.25, 0.3) is 0 Å². The molecule has 0 aromatic carbocycles. The molecule has 0 radical (unpaired) electrons. The summed E-state index contributed by atoms with van der Waals surface area (Å²) in [7, 11) is 0. The third kappa shape index (κ3) is 1.56. The third-order valence-corrected chi connectivity index (χ3v) is 6.78. The Morgan fingerprint density at radius 3 is 1.50 bits per heavy atom. The van der Waals surface area contributed by atoms with Gasteiger partial charge in [0.2, 0.25) is 0 Å². The van der Waals surface area contributed by atoms with Crippen molar-refractivity contribution in [2.24, 2.45) is 41.4 Å². The molecule has 5 unspecified atom stereocenters. The SMILES string of the molecule is CC1C(C)C2C[C@H]3CCCC[C@H]3CC2C1C. The molecule has 3 fully saturated rings. The van der Waals surface area contributed by atoms with E-state index in [-0.39, 0.29) is 0 Å². The first-order valence-corrected chi connectivity index (χ1v) is 7.68. The van der Waals surface area contributed by atoms with Gasteiger partial charge in [-0.1, -0.05) is 46.5 Å². The van der Waals surface area contributed by atoms with Gasteiger partial charge in [0, 0.05) is 0 Å². The van der Waals surface area contributed by atoms with E-state index in [4.69, 9.17) is 0 Å². The van der Waals surface area contributed by atoms with E-state index in [2.05, 4.69) is 20.8 Å². The van der Waals surface area contributed by atoms with Crippen molar-refractivity contribution in [2.75, 3.05) is 0 Å². The van der Waals surface area contributed by atoms with Crippen LogP contribution in [-0.2, 0) is 0 Å². The second-order valence-corrected chi connectivity index (χ2v) is 7.18. The topological polar surface area (TPSA) is 0 Å². The fraction of sp³-hybridized carbons (Fsp3) is 1.00. The zero-order valence-corrected chi connectivity index (χ0v) is 11.3. The zero-order valence-electron chi connectivity index (χ0n) is 11.3. The molecule has 3 rings (SSSR count). The first-order valence-electron chi connectivity index (χ1n) is 7.68. The fourth-order valence-electron chi connectivity index (χ4n) is 5.42. The van der Waals surface area contributed by atoms with E-state index < -0.39 is 0 Å². The van der Waals surface area contributed by atoms with Crippen LogP contribution < -0.4 is 0 Å². The van der Waals surface area contributed by atoms with E-state index in [0.29, 0.717) is 0 Å². The summed E-state index contributed by atoms with van der Waals surface area (Å²) in [6.07, 6.45) is 9.35. The van der Waals surface area contributed by atoms with Crippen molar-refractivity contribution in [3.05, 3.63) is 0 Å². The van der Waals surface area contributed by atoms with Crippen LogP contribution in [0.15, 0.2) is 0 Å². The molecule has 16 heavy (non-hydrogen) atoms. The Bertz CT molecular complexity index is 231. The molecular weight excluding hydrogens is 192 g/mol. The van der Waals surface area contributed by atoms with Gasteiger partial charge < -0.3 is 0 Å². The number of rotatable bonds is 0. The molecule has 0 heteroatoms. The summed E-state index contributed by atoms with van der Waals surface area (Å²) in [6.45, 7) is 7.58. The van der Waals surface area contributed by atoms with Crippen molar-refractivity contribution in [3.8, 4) is 0 Å². The molecule has 0 aliphatic heterocycles. The molecule has 0 spiro atoms. The largest absolute Gasteiger partial charge is 0.0620 e. The summed E-state index contributed by atoms with van der Waals surface area (Å²) in [4.78, 5) is 0. The van der Waals surface area contributed by atoms with Crippen LogP contribution in [0, 0.1) is 41.4 Å². The minimum Gasteiger partial charge on any atom is -0.0620 e. The van der Waals surface area contributed by atoms with Gasteiger partial charge in [0.1, 0.15) is 0 Å². The Balaban J connectivity index is 1.78. The Kier molecular flexibility index (Phi) is 2.80. The number of fused-ring (bicyclic) bond motifs is 2. The maximum atomic E-state index is 2.54. The minimum absolute atomic E-state index is 0.982. The van der Waals surface area contributed by atoms with Crippen LogP contribution in [0.5, 0.6) is 0 Å². The van der Waals surface area contributed by atoms with Crippen molar-refractivity contribution in [1.29, 1.82) is 0 Å². The van der Waals surface area contributed by atoms with Gasteiger partial charge in [-0.05, 0) is 54.3 Å². The monoisotopic (exact) mass is 220 g/mol. The fourth-order valence-corrected chi connectivity index (χ4v) is 5.42. The van der Waals surface area contributed by atoms with Gasteiger partial charge >= 0.3 is 0 Å². The summed E-state index contributed by atoms with van der Waals surface area (Å²) in [6, 6.07) is 0. The predicted octanol–water partition coefficient (Wildman–Crippen LogP) is 4.74. The molecule has 0 N–H and O–H groups in total. The highest BCUT2D eigenvalue weighted by Gasteiger charge is 2.49. The molecule has 3 aliphatic rings. The van der Waals surface area contributed by atoms with E-state index >= 15 is 0 Å². The van der Waals surface area contributed by atoms with Gasteiger partial charge in [-0.15, -0.1) is 0 Å². The molecule has 0 amide bonds. The molecule has 0 heterocycles. The van der Waals surface area contributed by atoms with Gasteiger partial charge in [0.25, 0.3) is 0 Å². The van der Waals surface area contributed by atoms with Crippen LogP contribution in [-0.4, -0.2) is 0 Å². The molecule has 0 aromatic heterocycles. The molecule has 3 aliphatic carbocycles. The summed E-state index contributed by atoms with van der Waals surface area (Å²) in [5, 5.41) is 0. The van der Waals surface area contributed by atoms with Crippen molar-refractivity contribution in [2.45, 2.75) is 59.3 Å².